The molecule has 0 radical (unpaired) electrons. The van der Waals surface area contributed by atoms with Crippen LogP contribution in [-0.2, 0) is 14.8 Å². The van der Waals surface area contributed by atoms with Gasteiger partial charge in [-0.1, -0.05) is 13.3 Å². The predicted molar refractivity (Wildman–Crippen MR) is 76.6 cm³/mol. The van der Waals surface area contributed by atoms with Crippen LogP contribution >= 0.6 is 0 Å². The smallest absolute Gasteiger partial charge is 0.341 e. The molecule has 1 saturated carbocycles. The van der Waals surface area contributed by atoms with Crippen molar-refractivity contribution in [2.24, 2.45) is 5.92 Å². The van der Waals surface area contributed by atoms with Crippen molar-refractivity contribution < 1.29 is 23.1 Å². The quantitative estimate of drug-likeness (QED) is 0.824. The van der Waals surface area contributed by atoms with Crippen molar-refractivity contribution in [1.82, 2.24) is 4.72 Å². The SMILES string of the molecule is COC(=O)c1cc(S(=O)(=O)NC2CCCC2C)ccc1O. The first kappa shape index (κ1) is 15.8. The minimum Gasteiger partial charge on any atom is -0.507 e. The van der Waals surface area contributed by atoms with Crippen LogP contribution in [0.3, 0.4) is 0 Å². The highest BCUT2D eigenvalue weighted by Gasteiger charge is 2.29. The Morgan fingerprint density at radius 1 is 1.38 bits per heavy atom. The summed E-state index contributed by atoms with van der Waals surface area (Å²) < 4.78 is 31.9. The van der Waals surface area contributed by atoms with Crippen molar-refractivity contribution in [2.75, 3.05) is 7.11 Å². The van der Waals surface area contributed by atoms with Gasteiger partial charge in [0.15, 0.2) is 0 Å². The predicted octanol–water partition coefficient (Wildman–Crippen LogP) is 1.65. The van der Waals surface area contributed by atoms with E-state index in [4.69, 9.17) is 0 Å². The Morgan fingerprint density at radius 2 is 2.10 bits per heavy atom. The Labute approximate surface area is 124 Å². The van der Waals surface area contributed by atoms with E-state index in [0.717, 1.165) is 25.3 Å². The van der Waals surface area contributed by atoms with Crippen LogP contribution in [0, 0.1) is 5.92 Å². The number of aromatic hydroxyl groups is 1. The lowest BCUT2D eigenvalue weighted by Gasteiger charge is -2.17. The van der Waals surface area contributed by atoms with Crippen LogP contribution in [0.5, 0.6) is 5.75 Å². The molecule has 0 spiro atoms. The first-order valence-electron chi connectivity index (χ1n) is 6.79. The molecule has 1 aromatic rings. The number of hydrogen-bond acceptors (Lipinski definition) is 5. The number of esters is 1. The van der Waals surface area contributed by atoms with Gasteiger partial charge in [-0.05, 0) is 37.0 Å². The van der Waals surface area contributed by atoms with E-state index < -0.39 is 16.0 Å². The van der Waals surface area contributed by atoms with E-state index in [0.29, 0.717) is 0 Å². The third-order valence-corrected chi connectivity index (χ3v) is 5.34. The summed E-state index contributed by atoms with van der Waals surface area (Å²) in [5, 5.41) is 9.61. The zero-order valence-electron chi connectivity index (χ0n) is 12.0. The van der Waals surface area contributed by atoms with Crippen molar-refractivity contribution in [2.45, 2.75) is 37.1 Å². The Bertz CT molecular complexity index is 641. The van der Waals surface area contributed by atoms with E-state index in [2.05, 4.69) is 9.46 Å². The molecule has 2 rings (SSSR count). The van der Waals surface area contributed by atoms with Crippen molar-refractivity contribution in [3.63, 3.8) is 0 Å². The van der Waals surface area contributed by atoms with Crippen LogP contribution in [0.2, 0.25) is 0 Å². The van der Waals surface area contributed by atoms with Crippen LogP contribution in [0.1, 0.15) is 36.5 Å². The number of hydrogen-bond donors (Lipinski definition) is 2. The minimum absolute atomic E-state index is 0.0557. The fourth-order valence-electron chi connectivity index (χ4n) is 2.54. The van der Waals surface area contributed by atoms with Gasteiger partial charge in [0.25, 0.3) is 0 Å². The van der Waals surface area contributed by atoms with Crippen LogP contribution in [-0.4, -0.2) is 32.6 Å². The van der Waals surface area contributed by atoms with Gasteiger partial charge in [0.1, 0.15) is 11.3 Å². The lowest BCUT2D eigenvalue weighted by Crippen LogP contribution is -2.36. The number of benzene rings is 1. The highest BCUT2D eigenvalue weighted by Crippen LogP contribution is 2.27. The van der Waals surface area contributed by atoms with Gasteiger partial charge in [-0.3, -0.25) is 0 Å². The van der Waals surface area contributed by atoms with E-state index in [1.165, 1.54) is 19.2 Å². The highest BCUT2D eigenvalue weighted by atomic mass is 32.2. The molecule has 0 amide bonds. The molecule has 1 fully saturated rings. The van der Waals surface area contributed by atoms with Gasteiger partial charge in [0.05, 0.1) is 12.0 Å². The maximum atomic E-state index is 12.4. The molecule has 6 nitrogen and oxygen atoms in total. The number of phenols is 1. The molecule has 1 aromatic carbocycles. The minimum atomic E-state index is -3.73. The van der Waals surface area contributed by atoms with E-state index >= 15 is 0 Å². The Kier molecular flexibility index (Phi) is 4.53. The largest absolute Gasteiger partial charge is 0.507 e. The van der Waals surface area contributed by atoms with E-state index in [-0.39, 0.29) is 28.2 Å². The monoisotopic (exact) mass is 313 g/mol. The second-order valence-corrected chi connectivity index (χ2v) is 7.02. The first-order chi connectivity index (χ1) is 9.85. The maximum Gasteiger partial charge on any atom is 0.341 e. The molecule has 1 aliphatic carbocycles. The normalized spacial score (nSPS) is 22.2. The van der Waals surface area contributed by atoms with Crippen molar-refractivity contribution in [3.05, 3.63) is 23.8 Å². The molecule has 0 saturated heterocycles. The highest BCUT2D eigenvalue weighted by molar-refractivity contribution is 7.89. The van der Waals surface area contributed by atoms with Gasteiger partial charge in [-0.15, -0.1) is 0 Å². The van der Waals surface area contributed by atoms with Gasteiger partial charge < -0.3 is 9.84 Å². The van der Waals surface area contributed by atoms with Gasteiger partial charge in [-0.25, -0.2) is 17.9 Å². The third-order valence-electron chi connectivity index (χ3n) is 3.85. The lowest BCUT2D eigenvalue weighted by atomic mass is 10.1. The summed E-state index contributed by atoms with van der Waals surface area (Å²) in [7, 11) is -2.56. The Balaban J connectivity index is 2.30. The first-order valence-corrected chi connectivity index (χ1v) is 8.27. The number of rotatable bonds is 4. The van der Waals surface area contributed by atoms with Gasteiger partial charge in [0, 0.05) is 6.04 Å². The molecule has 1 aliphatic rings. The molecule has 0 aromatic heterocycles. The zero-order valence-corrected chi connectivity index (χ0v) is 12.8. The molecule has 116 valence electrons. The summed E-state index contributed by atoms with van der Waals surface area (Å²) in [6.45, 7) is 2.01. The molecule has 7 heteroatoms. The number of sulfonamides is 1. The molecule has 2 N–H and O–H groups in total. The Hall–Kier alpha value is -1.60. The van der Waals surface area contributed by atoms with Crippen molar-refractivity contribution in [1.29, 1.82) is 0 Å². The average molecular weight is 313 g/mol. The van der Waals surface area contributed by atoms with Crippen molar-refractivity contribution in [3.8, 4) is 5.75 Å². The van der Waals surface area contributed by atoms with Gasteiger partial charge in [-0.2, -0.15) is 0 Å². The van der Waals surface area contributed by atoms with Gasteiger partial charge in [0.2, 0.25) is 10.0 Å². The van der Waals surface area contributed by atoms with Crippen LogP contribution in [0.25, 0.3) is 0 Å². The van der Waals surface area contributed by atoms with Crippen molar-refractivity contribution >= 4 is 16.0 Å². The van der Waals surface area contributed by atoms with E-state index in [1.54, 1.807) is 0 Å². The number of nitrogens with one attached hydrogen (secondary N) is 1. The number of phenolic OH excluding ortho intramolecular Hbond substituents is 1. The molecule has 2 atom stereocenters. The molecule has 0 bridgehead atoms. The second kappa shape index (κ2) is 6.03. The molecular weight excluding hydrogens is 294 g/mol. The fraction of sp³-hybridized carbons (Fsp3) is 0.500. The summed E-state index contributed by atoms with van der Waals surface area (Å²) in [6, 6.07) is 3.48. The summed E-state index contributed by atoms with van der Waals surface area (Å²) in [5.41, 5.74) is -0.167. The summed E-state index contributed by atoms with van der Waals surface area (Å²) in [4.78, 5) is 11.5. The summed E-state index contributed by atoms with van der Waals surface area (Å²) in [6.07, 6.45) is 2.80. The van der Waals surface area contributed by atoms with E-state index in [9.17, 15) is 18.3 Å². The maximum absolute atomic E-state index is 12.4. The fourth-order valence-corrected chi connectivity index (χ4v) is 3.95. The molecule has 0 aliphatic heterocycles. The average Bonchev–Trinajstić information content (AvgIpc) is 2.83. The molecule has 21 heavy (non-hydrogen) atoms. The third kappa shape index (κ3) is 3.36. The summed E-state index contributed by atoms with van der Waals surface area (Å²) >= 11 is 0. The lowest BCUT2D eigenvalue weighted by molar-refractivity contribution is 0.0597. The number of carbonyl (C=O) groups excluding carboxylic acids is 1. The number of ether oxygens (including phenoxy) is 1. The number of carbonyl (C=O) groups is 1. The van der Waals surface area contributed by atoms with Crippen LogP contribution in [0.15, 0.2) is 23.1 Å². The molecule has 2 unspecified atom stereocenters. The zero-order chi connectivity index (χ0) is 15.6. The number of methoxy groups -OCH3 is 1. The van der Waals surface area contributed by atoms with Crippen LogP contribution < -0.4 is 4.72 Å². The molecule has 0 heterocycles. The van der Waals surface area contributed by atoms with E-state index in [1.807, 2.05) is 6.92 Å². The van der Waals surface area contributed by atoms with Crippen LogP contribution in [0.4, 0.5) is 0 Å². The topological polar surface area (TPSA) is 92.7 Å². The second-order valence-electron chi connectivity index (χ2n) is 5.31. The summed E-state index contributed by atoms with van der Waals surface area (Å²) in [5.74, 6) is -0.800. The Morgan fingerprint density at radius 3 is 2.67 bits per heavy atom. The van der Waals surface area contributed by atoms with Gasteiger partial charge >= 0.3 is 5.97 Å². The standard InChI is InChI=1S/C14H19NO5S/c1-9-4-3-5-12(9)15-21(18,19)10-6-7-13(16)11(8-10)14(17)20-2/h6-9,12,15-16H,3-5H2,1-2H3. The molecular formula is C14H19NO5S.